The van der Waals surface area contributed by atoms with E-state index < -0.39 is 17.2 Å². The minimum atomic E-state index is -1.31. The lowest BCUT2D eigenvalue weighted by Crippen LogP contribution is -2.07. The molecule has 2 rings (SSSR count). The number of rotatable bonds is 3. The molecule has 0 unspecified atom stereocenters. The fraction of sp³-hybridized carbons (Fsp3) is 0.167. The third-order valence-corrected chi connectivity index (χ3v) is 2.79. The van der Waals surface area contributed by atoms with Crippen LogP contribution in [0.15, 0.2) is 27.4 Å². The number of benzene rings is 1. The maximum absolute atomic E-state index is 11.8. The Bertz CT molecular complexity index is 674. The first-order chi connectivity index (χ1) is 8.58. The van der Waals surface area contributed by atoms with Crippen LogP contribution in [0.1, 0.15) is 16.1 Å². The monoisotopic (exact) mass is 268 g/mol. The van der Waals surface area contributed by atoms with Crippen molar-refractivity contribution < 1.29 is 19.1 Å². The smallest absolute Gasteiger partial charge is 0.371 e. The number of aromatic carboxylic acids is 1. The summed E-state index contributed by atoms with van der Waals surface area (Å²) in [5.74, 6) is -1.24. The molecule has 18 heavy (non-hydrogen) atoms. The fourth-order valence-electron chi connectivity index (χ4n) is 1.68. The molecule has 0 fully saturated rings. The second-order valence-electron chi connectivity index (χ2n) is 3.54. The van der Waals surface area contributed by atoms with Gasteiger partial charge in [0.15, 0.2) is 5.43 Å². The molecule has 0 amide bonds. The summed E-state index contributed by atoms with van der Waals surface area (Å²) >= 11 is 5.78. The fourth-order valence-corrected chi connectivity index (χ4v) is 1.93. The van der Waals surface area contributed by atoms with Gasteiger partial charge in [0.25, 0.3) is 0 Å². The zero-order chi connectivity index (χ0) is 13.3. The molecule has 6 heteroatoms. The van der Waals surface area contributed by atoms with Crippen LogP contribution >= 0.6 is 11.6 Å². The average molecular weight is 269 g/mol. The van der Waals surface area contributed by atoms with E-state index in [9.17, 15) is 9.59 Å². The highest BCUT2D eigenvalue weighted by Gasteiger charge is 2.16. The van der Waals surface area contributed by atoms with E-state index in [4.69, 9.17) is 25.9 Å². The molecule has 94 valence electrons. The first-order valence-electron chi connectivity index (χ1n) is 5.01. The van der Waals surface area contributed by atoms with Crippen LogP contribution in [0.2, 0.25) is 0 Å². The van der Waals surface area contributed by atoms with Crippen molar-refractivity contribution in [2.45, 2.75) is 5.88 Å². The summed E-state index contributed by atoms with van der Waals surface area (Å²) in [6.07, 6.45) is 0. The Hall–Kier alpha value is -2.01. The maximum Gasteiger partial charge on any atom is 0.371 e. The molecule has 1 aromatic carbocycles. The van der Waals surface area contributed by atoms with E-state index in [0.717, 1.165) is 6.07 Å². The molecule has 0 saturated heterocycles. The van der Waals surface area contributed by atoms with E-state index in [0.29, 0.717) is 11.3 Å². The van der Waals surface area contributed by atoms with Gasteiger partial charge in [-0.2, -0.15) is 0 Å². The molecule has 0 aliphatic carbocycles. The van der Waals surface area contributed by atoms with Crippen LogP contribution in [0.5, 0.6) is 5.75 Å². The van der Waals surface area contributed by atoms with Gasteiger partial charge in [-0.25, -0.2) is 4.79 Å². The Kier molecular flexibility index (Phi) is 3.25. The second-order valence-corrected chi connectivity index (χ2v) is 3.80. The summed E-state index contributed by atoms with van der Waals surface area (Å²) in [7, 11) is 1.45. The molecule has 0 aliphatic rings. The molecule has 0 bridgehead atoms. The van der Waals surface area contributed by atoms with Gasteiger partial charge in [0, 0.05) is 6.07 Å². The van der Waals surface area contributed by atoms with Crippen molar-refractivity contribution in [3.63, 3.8) is 0 Å². The third kappa shape index (κ3) is 1.93. The van der Waals surface area contributed by atoms with Gasteiger partial charge in [0.05, 0.1) is 23.9 Å². The number of hydrogen-bond donors (Lipinski definition) is 1. The average Bonchev–Trinajstić information content (AvgIpc) is 2.36. The lowest BCUT2D eigenvalue weighted by atomic mass is 10.1. The lowest BCUT2D eigenvalue weighted by Gasteiger charge is -2.08. The largest absolute Gasteiger partial charge is 0.496 e. The minimum absolute atomic E-state index is 0.0481. The van der Waals surface area contributed by atoms with E-state index in [-0.39, 0.29) is 16.8 Å². The highest BCUT2D eigenvalue weighted by molar-refractivity contribution is 6.18. The first kappa shape index (κ1) is 12.4. The van der Waals surface area contributed by atoms with Gasteiger partial charge in [-0.05, 0) is 12.1 Å². The summed E-state index contributed by atoms with van der Waals surface area (Å²) in [5.41, 5.74) is 0.175. The van der Waals surface area contributed by atoms with Crippen LogP contribution in [-0.4, -0.2) is 18.2 Å². The van der Waals surface area contributed by atoms with Crippen LogP contribution in [-0.2, 0) is 5.88 Å². The minimum Gasteiger partial charge on any atom is -0.496 e. The third-order valence-electron chi connectivity index (χ3n) is 2.52. The van der Waals surface area contributed by atoms with Gasteiger partial charge < -0.3 is 14.3 Å². The van der Waals surface area contributed by atoms with Gasteiger partial charge in [-0.1, -0.05) is 0 Å². The Morgan fingerprint density at radius 3 is 2.78 bits per heavy atom. The van der Waals surface area contributed by atoms with Crippen LogP contribution in [0.3, 0.4) is 0 Å². The molecule has 0 saturated carbocycles. The SMILES string of the molecule is COc1ccc2c(=O)cc(C(=O)O)oc2c1CCl. The van der Waals surface area contributed by atoms with Gasteiger partial charge >= 0.3 is 5.97 Å². The van der Waals surface area contributed by atoms with Crippen molar-refractivity contribution in [1.82, 2.24) is 0 Å². The normalized spacial score (nSPS) is 10.6. The van der Waals surface area contributed by atoms with Crippen molar-refractivity contribution in [3.8, 4) is 5.75 Å². The van der Waals surface area contributed by atoms with E-state index in [1.165, 1.54) is 13.2 Å². The number of carbonyl (C=O) groups is 1. The quantitative estimate of drug-likeness (QED) is 0.864. The number of halogens is 1. The summed E-state index contributed by atoms with van der Waals surface area (Å²) in [5, 5.41) is 9.14. The number of hydrogen-bond acceptors (Lipinski definition) is 4. The summed E-state index contributed by atoms with van der Waals surface area (Å²) in [6.45, 7) is 0. The first-order valence-corrected chi connectivity index (χ1v) is 5.55. The Balaban J connectivity index is 2.90. The van der Waals surface area contributed by atoms with Gasteiger partial charge in [-0.3, -0.25) is 4.79 Å². The van der Waals surface area contributed by atoms with Gasteiger partial charge in [-0.15, -0.1) is 11.6 Å². The van der Waals surface area contributed by atoms with Crippen LogP contribution in [0.4, 0.5) is 0 Å². The van der Waals surface area contributed by atoms with Gasteiger partial charge in [0.2, 0.25) is 5.76 Å². The van der Waals surface area contributed by atoms with Crippen LogP contribution in [0, 0.1) is 0 Å². The molecule has 1 aromatic heterocycles. The standard InChI is InChI=1S/C12H9ClO5/c1-17-9-3-2-6-8(14)4-10(12(15)16)18-11(6)7(9)5-13/h2-4H,5H2,1H3,(H,15,16). The van der Waals surface area contributed by atoms with Crippen molar-refractivity contribution in [1.29, 1.82) is 0 Å². The molecule has 0 spiro atoms. The topological polar surface area (TPSA) is 76.7 Å². The number of fused-ring (bicyclic) bond motifs is 1. The Labute approximate surface area is 107 Å². The second kappa shape index (κ2) is 4.70. The van der Waals surface area contributed by atoms with Gasteiger partial charge in [0.1, 0.15) is 11.3 Å². The van der Waals surface area contributed by atoms with Crippen LogP contribution in [0.25, 0.3) is 11.0 Å². The van der Waals surface area contributed by atoms with Crippen molar-refractivity contribution in [2.24, 2.45) is 0 Å². The highest BCUT2D eigenvalue weighted by Crippen LogP contribution is 2.28. The van der Waals surface area contributed by atoms with Crippen molar-refractivity contribution in [2.75, 3.05) is 7.11 Å². The van der Waals surface area contributed by atoms with Crippen LogP contribution < -0.4 is 10.2 Å². The van der Waals surface area contributed by atoms with Crippen molar-refractivity contribution in [3.05, 3.63) is 39.7 Å². The number of carboxylic acids is 1. The number of carboxylic acid groups (broad SMARTS) is 1. The predicted octanol–water partition coefficient (Wildman–Crippen LogP) is 2.24. The molecule has 2 aromatic rings. The number of alkyl halides is 1. The zero-order valence-corrected chi connectivity index (χ0v) is 10.2. The van der Waals surface area contributed by atoms with E-state index in [2.05, 4.69) is 0 Å². The predicted molar refractivity (Wildman–Crippen MR) is 65.6 cm³/mol. The molecule has 0 aliphatic heterocycles. The Morgan fingerprint density at radius 1 is 1.50 bits per heavy atom. The summed E-state index contributed by atoms with van der Waals surface area (Å²) in [4.78, 5) is 22.6. The molecule has 1 heterocycles. The molecule has 1 N–H and O–H groups in total. The molecular weight excluding hydrogens is 260 g/mol. The summed E-state index contributed by atoms with van der Waals surface area (Å²) in [6, 6.07) is 4.05. The van der Waals surface area contributed by atoms with E-state index in [1.807, 2.05) is 0 Å². The number of methoxy groups -OCH3 is 1. The molecule has 5 nitrogen and oxygen atoms in total. The Morgan fingerprint density at radius 2 is 2.22 bits per heavy atom. The molecule has 0 atom stereocenters. The number of ether oxygens (including phenoxy) is 1. The van der Waals surface area contributed by atoms with E-state index >= 15 is 0 Å². The highest BCUT2D eigenvalue weighted by atomic mass is 35.5. The lowest BCUT2D eigenvalue weighted by molar-refractivity contribution is 0.0663. The van der Waals surface area contributed by atoms with E-state index in [1.54, 1.807) is 6.07 Å². The molecular formula is C12H9ClO5. The van der Waals surface area contributed by atoms with Crippen molar-refractivity contribution >= 4 is 28.5 Å². The summed E-state index contributed by atoms with van der Waals surface area (Å²) < 4.78 is 10.3. The maximum atomic E-state index is 11.8. The molecule has 0 radical (unpaired) electrons. The zero-order valence-electron chi connectivity index (χ0n) is 9.40.